The highest BCUT2D eigenvalue weighted by Gasteiger charge is 2.29. The lowest BCUT2D eigenvalue weighted by Crippen LogP contribution is -2.25. The summed E-state index contributed by atoms with van der Waals surface area (Å²) >= 11 is 0. The molecule has 0 radical (unpaired) electrons. The van der Waals surface area contributed by atoms with Gasteiger partial charge in [0.1, 0.15) is 29.5 Å². The molecule has 204 valence electrons. The largest absolute Gasteiger partial charge is 0.457 e. The first-order valence-corrected chi connectivity index (χ1v) is 14.2. The van der Waals surface area contributed by atoms with Crippen molar-refractivity contribution in [1.29, 1.82) is 0 Å². The lowest BCUT2D eigenvalue weighted by atomic mass is 10.0. The molecule has 0 saturated carbocycles. The minimum absolute atomic E-state index is 0.725. The second-order valence-electron chi connectivity index (χ2n) is 11.0. The van der Waals surface area contributed by atoms with Crippen molar-refractivity contribution in [3.8, 4) is 11.5 Å². The minimum atomic E-state index is 0.725. The van der Waals surface area contributed by atoms with Crippen molar-refractivity contribution < 1.29 is 4.74 Å². The second kappa shape index (κ2) is 9.35. The number of benzene rings is 4. The number of hydrogen-bond donors (Lipinski definition) is 0. The van der Waals surface area contributed by atoms with Gasteiger partial charge in [-0.2, -0.15) is 0 Å². The van der Waals surface area contributed by atoms with Crippen LogP contribution in [0.25, 0.3) is 27.5 Å². The van der Waals surface area contributed by atoms with Crippen LogP contribution in [-0.2, 0) is 0 Å². The van der Waals surface area contributed by atoms with Crippen LogP contribution in [0.15, 0.2) is 110 Å². The van der Waals surface area contributed by atoms with Crippen molar-refractivity contribution >= 4 is 50.2 Å². The minimum Gasteiger partial charge on any atom is -0.457 e. The van der Waals surface area contributed by atoms with Gasteiger partial charge in [-0.05, 0) is 91.9 Å². The van der Waals surface area contributed by atoms with Crippen LogP contribution in [0.3, 0.4) is 0 Å². The molecule has 42 heavy (non-hydrogen) atoms. The van der Waals surface area contributed by atoms with Gasteiger partial charge in [0.05, 0.1) is 11.4 Å². The monoisotopic (exact) mass is 547 g/mol. The van der Waals surface area contributed by atoms with Crippen LogP contribution in [0.4, 0.5) is 22.7 Å². The third-order valence-electron chi connectivity index (χ3n) is 8.19. The smallest absolute Gasteiger partial charge is 0.146 e. The number of ether oxygens (including phenoxy) is 1. The van der Waals surface area contributed by atoms with Crippen molar-refractivity contribution in [2.75, 3.05) is 16.5 Å². The van der Waals surface area contributed by atoms with Crippen LogP contribution in [0, 0.1) is 20.8 Å². The maximum Gasteiger partial charge on any atom is 0.146 e. The van der Waals surface area contributed by atoms with E-state index in [1.807, 2.05) is 41.2 Å². The van der Waals surface area contributed by atoms with Gasteiger partial charge in [0.15, 0.2) is 0 Å². The predicted octanol–water partition coefficient (Wildman–Crippen LogP) is 9.00. The van der Waals surface area contributed by atoms with Crippen LogP contribution in [-0.4, -0.2) is 21.0 Å². The molecule has 1 aliphatic heterocycles. The molecule has 0 spiro atoms. The molecule has 6 nitrogen and oxygen atoms in total. The molecule has 7 aromatic rings. The Hall–Kier alpha value is -5.36. The van der Waals surface area contributed by atoms with Gasteiger partial charge in [-0.25, -0.2) is 9.97 Å². The van der Waals surface area contributed by atoms with Gasteiger partial charge in [-0.15, -0.1) is 0 Å². The third-order valence-corrected chi connectivity index (χ3v) is 8.19. The zero-order valence-corrected chi connectivity index (χ0v) is 23.7. The number of fused-ring (bicyclic) bond motifs is 7. The zero-order valence-electron chi connectivity index (χ0n) is 23.7. The van der Waals surface area contributed by atoms with Crippen LogP contribution in [0.5, 0.6) is 11.5 Å². The molecule has 6 heteroatoms. The topological polar surface area (TPSA) is 45.9 Å². The van der Waals surface area contributed by atoms with E-state index in [9.17, 15) is 0 Å². The number of nitrogens with zero attached hydrogens (tertiary/aromatic N) is 5. The third kappa shape index (κ3) is 3.79. The van der Waals surface area contributed by atoms with Crippen LogP contribution in [0.2, 0.25) is 0 Å². The van der Waals surface area contributed by atoms with E-state index in [1.54, 1.807) is 0 Å². The maximum absolute atomic E-state index is 6.48. The van der Waals surface area contributed by atoms with Crippen molar-refractivity contribution in [1.82, 2.24) is 14.4 Å². The van der Waals surface area contributed by atoms with E-state index in [4.69, 9.17) is 4.74 Å². The summed E-state index contributed by atoms with van der Waals surface area (Å²) < 4.78 is 8.52. The summed E-state index contributed by atoms with van der Waals surface area (Å²) in [6.07, 6.45) is 5.59. The van der Waals surface area contributed by atoms with Crippen LogP contribution < -0.4 is 14.5 Å². The Labute approximate surface area is 244 Å². The number of aromatic nitrogens is 3. The number of anilines is 4. The molecule has 0 N–H and O–H groups in total. The van der Waals surface area contributed by atoms with Crippen LogP contribution in [0.1, 0.15) is 16.7 Å². The highest BCUT2D eigenvalue weighted by molar-refractivity contribution is 6.11. The Kier molecular flexibility index (Phi) is 5.44. The maximum atomic E-state index is 6.48. The molecule has 0 unspecified atom stereocenters. The fraction of sp³-hybridized carbons (Fsp3) is 0.111. The van der Waals surface area contributed by atoms with E-state index >= 15 is 0 Å². The summed E-state index contributed by atoms with van der Waals surface area (Å²) in [4.78, 5) is 14.0. The summed E-state index contributed by atoms with van der Waals surface area (Å²) in [5, 5.41) is 3.22. The Morgan fingerprint density at radius 2 is 1.36 bits per heavy atom. The van der Waals surface area contributed by atoms with Crippen molar-refractivity contribution in [2.24, 2.45) is 0 Å². The van der Waals surface area contributed by atoms with Gasteiger partial charge in [0.25, 0.3) is 0 Å². The molecule has 3 aromatic heterocycles. The molecule has 0 atom stereocenters. The summed E-state index contributed by atoms with van der Waals surface area (Å²) in [6.45, 7) is 7.29. The van der Waals surface area contributed by atoms with E-state index in [2.05, 4.69) is 113 Å². The van der Waals surface area contributed by atoms with Crippen molar-refractivity contribution in [3.63, 3.8) is 0 Å². The first-order valence-electron chi connectivity index (χ1n) is 14.2. The molecule has 0 bridgehead atoms. The molecule has 4 aromatic carbocycles. The molecule has 0 saturated heterocycles. The van der Waals surface area contributed by atoms with Crippen molar-refractivity contribution in [2.45, 2.75) is 20.8 Å². The van der Waals surface area contributed by atoms with Crippen molar-refractivity contribution in [3.05, 3.63) is 126 Å². The molecule has 1 aliphatic rings. The zero-order chi connectivity index (χ0) is 28.4. The van der Waals surface area contributed by atoms with Gasteiger partial charge in [0.2, 0.25) is 0 Å². The predicted molar refractivity (Wildman–Crippen MR) is 171 cm³/mol. The van der Waals surface area contributed by atoms with E-state index in [0.717, 1.165) is 51.3 Å². The quantitative estimate of drug-likeness (QED) is 0.206. The summed E-state index contributed by atoms with van der Waals surface area (Å²) in [5.74, 6) is 1.55. The number of rotatable bonds is 4. The van der Waals surface area contributed by atoms with E-state index in [0.29, 0.717) is 0 Å². The number of aryl methyl sites for hydroxylation is 3. The Bertz CT molecular complexity index is 2140. The Balaban J connectivity index is 1.16. The average Bonchev–Trinajstić information content (AvgIpc) is 3.64. The molecule has 0 aliphatic carbocycles. The van der Waals surface area contributed by atoms with E-state index in [-0.39, 0.29) is 0 Å². The SMILES string of the molecule is Cc1cc(C)c(N2CN(c3cccc(Oc4ccc5c6cccnc6n6ccnc6c5c4)c3)c3ccccc32)c(C)c1. The summed E-state index contributed by atoms with van der Waals surface area (Å²) in [6, 6.07) is 31.8. The lowest BCUT2D eigenvalue weighted by Gasteiger charge is -2.25. The Morgan fingerprint density at radius 3 is 2.19 bits per heavy atom. The number of pyridine rings is 2. The molecule has 0 amide bonds. The lowest BCUT2D eigenvalue weighted by molar-refractivity contribution is 0.483. The van der Waals surface area contributed by atoms with Gasteiger partial charge < -0.3 is 14.5 Å². The molecular weight excluding hydrogens is 518 g/mol. The van der Waals surface area contributed by atoms with E-state index in [1.165, 1.54) is 33.8 Å². The normalized spacial score (nSPS) is 12.9. The van der Waals surface area contributed by atoms with Gasteiger partial charge in [-0.3, -0.25) is 4.40 Å². The first kappa shape index (κ1) is 24.4. The molecular formula is C36H29N5O. The fourth-order valence-corrected chi connectivity index (χ4v) is 6.55. The van der Waals surface area contributed by atoms with Gasteiger partial charge in [0, 0.05) is 46.8 Å². The van der Waals surface area contributed by atoms with Gasteiger partial charge >= 0.3 is 0 Å². The fourth-order valence-electron chi connectivity index (χ4n) is 6.55. The standard InChI is InChI=1S/C36H29N5O/c1-23-18-24(2)34(25(3)19-23)41-22-40(32-11-4-5-12-33(32)41)26-8-6-9-27(20-26)42-28-13-14-29-30-10-7-15-37-35(30)39-17-16-38-36(39)31(29)21-28/h4-21H,22H2,1-3H3. The van der Waals surface area contributed by atoms with Crippen LogP contribution >= 0.6 is 0 Å². The van der Waals surface area contributed by atoms with E-state index < -0.39 is 0 Å². The second-order valence-corrected chi connectivity index (χ2v) is 11.0. The average molecular weight is 548 g/mol. The molecule has 8 rings (SSSR count). The number of para-hydroxylation sites is 2. The molecule has 0 fully saturated rings. The highest BCUT2D eigenvalue weighted by atomic mass is 16.5. The van der Waals surface area contributed by atoms with Gasteiger partial charge in [-0.1, -0.05) is 35.9 Å². The summed E-state index contributed by atoms with van der Waals surface area (Å²) in [7, 11) is 0. The number of hydrogen-bond acceptors (Lipinski definition) is 5. The summed E-state index contributed by atoms with van der Waals surface area (Å²) in [5.41, 5.74) is 10.4. The first-order chi connectivity index (χ1) is 20.5. The highest BCUT2D eigenvalue weighted by Crippen LogP contribution is 2.46. The number of imidazole rings is 1. The molecule has 4 heterocycles. The Morgan fingerprint density at radius 1 is 0.619 bits per heavy atom.